The third-order valence-corrected chi connectivity index (χ3v) is 3.15. The number of benzene rings is 1. The smallest absolute Gasteiger partial charge is 0.155 e. The molecule has 1 aliphatic heterocycles. The summed E-state index contributed by atoms with van der Waals surface area (Å²) in [6.45, 7) is 0.530. The van der Waals surface area contributed by atoms with Crippen molar-refractivity contribution in [2.45, 2.75) is 31.9 Å². The van der Waals surface area contributed by atoms with Gasteiger partial charge in [0.2, 0.25) is 0 Å². The van der Waals surface area contributed by atoms with Crippen molar-refractivity contribution in [3.05, 3.63) is 41.5 Å². The van der Waals surface area contributed by atoms with Gasteiger partial charge in [0, 0.05) is 12.8 Å². The molecule has 94 valence electrons. The Hall–Kier alpha value is -1.88. The van der Waals surface area contributed by atoms with E-state index in [1.807, 2.05) is 12.1 Å². The normalized spacial score (nSPS) is 18.6. The number of hydrogen-bond donors (Lipinski definition) is 2. The fourth-order valence-electron chi connectivity index (χ4n) is 2.27. The van der Waals surface area contributed by atoms with E-state index in [4.69, 9.17) is 0 Å². The van der Waals surface area contributed by atoms with Crippen molar-refractivity contribution in [1.29, 1.82) is 0 Å². The zero-order valence-electron chi connectivity index (χ0n) is 9.95. The van der Waals surface area contributed by atoms with Gasteiger partial charge in [0.25, 0.3) is 0 Å². The molecule has 1 atom stereocenters. The molecule has 2 heterocycles. The van der Waals surface area contributed by atoms with Crippen molar-refractivity contribution in [1.82, 2.24) is 14.8 Å². The van der Waals surface area contributed by atoms with E-state index in [-0.39, 0.29) is 11.9 Å². The maximum Gasteiger partial charge on any atom is 0.155 e. The summed E-state index contributed by atoms with van der Waals surface area (Å²) in [6, 6.07) is 7.11. The second-order valence-electron chi connectivity index (χ2n) is 4.67. The number of fused-ring (bicyclic) bond motifs is 1. The fourth-order valence-corrected chi connectivity index (χ4v) is 2.27. The fraction of sp³-hybridized carbons (Fsp3) is 0.385. The topological polar surface area (TPSA) is 71.2 Å². The molecule has 1 aromatic carbocycles. The van der Waals surface area contributed by atoms with E-state index in [2.05, 4.69) is 10.1 Å². The summed E-state index contributed by atoms with van der Waals surface area (Å²) in [5, 5.41) is 23.4. The van der Waals surface area contributed by atoms with E-state index in [1.54, 1.807) is 16.8 Å². The molecule has 0 spiro atoms. The van der Waals surface area contributed by atoms with Crippen molar-refractivity contribution in [2.75, 3.05) is 0 Å². The molecule has 2 aromatic rings. The van der Waals surface area contributed by atoms with Crippen LogP contribution < -0.4 is 0 Å². The minimum Gasteiger partial charge on any atom is -0.508 e. The van der Waals surface area contributed by atoms with Gasteiger partial charge in [-0.2, -0.15) is 5.10 Å². The van der Waals surface area contributed by atoms with Gasteiger partial charge in [0.05, 0.1) is 12.6 Å². The number of aromatic hydroxyl groups is 1. The first-order chi connectivity index (χ1) is 8.70. The highest BCUT2D eigenvalue weighted by Crippen LogP contribution is 2.16. The molecule has 1 aromatic heterocycles. The van der Waals surface area contributed by atoms with Crippen LogP contribution in [0.25, 0.3) is 0 Å². The lowest BCUT2D eigenvalue weighted by molar-refractivity contribution is 0.124. The predicted octanol–water partition coefficient (Wildman–Crippen LogP) is 0.882. The number of aryl methyl sites for hydroxylation is 1. The molecule has 5 nitrogen and oxygen atoms in total. The van der Waals surface area contributed by atoms with Gasteiger partial charge < -0.3 is 10.2 Å². The van der Waals surface area contributed by atoms with Crippen LogP contribution in [0.3, 0.4) is 0 Å². The zero-order valence-corrected chi connectivity index (χ0v) is 9.95. The molecule has 0 fully saturated rings. The van der Waals surface area contributed by atoms with Crippen LogP contribution in [0, 0.1) is 0 Å². The molecule has 1 aliphatic rings. The van der Waals surface area contributed by atoms with Crippen LogP contribution in [0.1, 0.15) is 23.6 Å². The zero-order chi connectivity index (χ0) is 12.5. The molecule has 0 saturated heterocycles. The standard InChI is InChI=1S/C13H15N3O2/c17-10-3-1-2-9(6-10)7-12-14-13-5-4-11(18)8-16(13)15-12/h1-3,6,11,17-18H,4-5,7-8H2. The Balaban J connectivity index is 1.82. The Morgan fingerprint density at radius 3 is 3.11 bits per heavy atom. The van der Waals surface area contributed by atoms with E-state index in [1.165, 1.54) is 0 Å². The van der Waals surface area contributed by atoms with Gasteiger partial charge in [-0.3, -0.25) is 0 Å². The summed E-state index contributed by atoms with van der Waals surface area (Å²) in [4.78, 5) is 4.47. The van der Waals surface area contributed by atoms with Gasteiger partial charge in [-0.05, 0) is 24.1 Å². The maximum atomic E-state index is 9.57. The number of phenols is 1. The first-order valence-electron chi connectivity index (χ1n) is 6.09. The third-order valence-electron chi connectivity index (χ3n) is 3.15. The second kappa shape index (κ2) is 4.42. The molecule has 0 saturated carbocycles. The molecule has 3 rings (SSSR count). The quantitative estimate of drug-likeness (QED) is 0.824. The van der Waals surface area contributed by atoms with Crippen LogP contribution in [0.15, 0.2) is 24.3 Å². The van der Waals surface area contributed by atoms with Crippen molar-refractivity contribution >= 4 is 0 Å². The highest BCUT2D eigenvalue weighted by atomic mass is 16.3. The van der Waals surface area contributed by atoms with E-state index in [0.29, 0.717) is 13.0 Å². The number of aliphatic hydroxyl groups is 1. The molecular weight excluding hydrogens is 230 g/mol. The molecule has 2 N–H and O–H groups in total. The largest absolute Gasteiger partial charge is 0.508 e. The van der Waals surface area contributed by atoms with Crippen LogP contribution in [-0.2, 0) is 19.4 Å². The Kier molecular flexibility index (Phi) is 2.76. The lowest BCUT2D eigenvalue weighted by atomic mass is 10.1. The minimum absolute atomic E-state index is 0.256. The van der Waals surface area contributed by atoms with Crippen molar-refractivity contribution in [2.24, 2.45) is 0 Å². The lowest BCUT2D eigenvalue weighted by Crippen LogP contribution is -2.25. The predicted molar refractivity (Wildman–Crippen MR) is 65.3 cm³/mol. The first kappa shape index (κ1) is 11.2. The maximum absolute atomic E-state index is 9.57. The average molecular weight is 245 g/mol. The van der Waals surface area contributed by atoms with Crippen molar-refractivity contribution < 1.29 is 10.2 Å². The van der Waals surface area contributed by atoms with E-state index < -0.39 is 0 Å². The number of aliphatic hydroxyl groups excluding tert-OH is 1. The molecule has 5 heteroatoms. The minimum atomic E-state index is -0.312. The first-order valence-corrected chi connectivity index (χ1v) is 6.09. The van der Waals surface area contributed by atoms with Gasteiger partial charge in [0.15, 0.2) is 5.82 Å². The molecule has 1 unspecified atom stereocenters. The summed E-state index contributed by atoms with van der Waals surface area (Å²) in [7, 11) is 0. The molecule has 0 bridgehead atoms. The molecule has 0 aliphatic carbocycles. The van der Waals surface area contributed by atoms with E-state index >= 15 is 0 Å². The molecular formula is C13H15N3O2. The van der Waals surface area contributed by atoms with Gasteiger partial charge in [-0.25, -0.2) is 9.67 Å². The van der Waals surface area contributed by atoms with Crippen LogP contribution in [0.5, 0.6) is 5.75 Å². The number of rotatable bonds is 2. The Labute approximate surface area is 105 Å². The SMILES string of the molecule is Oc1cccc(Cc2nc3n(n2)CC(O)CC3)c1. The van der Waals surface area contributed by atoms with Gasteiger partial charge in [-0.15, -0.1) is 0 Å². The summed E-state index contributed by atoms with van der Waals surface area (Å²) in [6.07, 6.45) is 1.82. The Morgan fingerprint density at radius 1 is 1.39 bits per heavy atom. The molecule has 0 amide bonds. The molecule has 18 heavy (non-hydrogen) atoms. The third kappa shape index (κ3) is 2.22. The van der Waals surface area contributed by atoms with Gasteiger partial charge in [-0.1, -0.05) is 12.1 Å². The van der Waals surface area contributed by atoms with Gasteiger partial charge in [0.1, 0.15) is 11.6 Å². The number of nitrogens with zero attached hydrogens (tertiary/aromatic N) is 3. The highest BCUT2D eigenvalue weighted by Gasteiger charge is 2.19. The number of aromatic nitrogens is 3. The Morgan fingerprint density at radius 2 is 2.28 bits per heavy atom. The van der Waals surface area contributed by atoms with Crippen LogP contribution >= 0.6 is 0 Å². The number of hydrogen-bond acceptors (Lipinski definition) is 4. The second-order valence-corrected chi connectivity index (χ2v) is 4.67. The Bertz CT molecular complexity index is 565. The van der Waals surface area contributed by atoms with Gasteiger partial charge >= 0.3 is 0 Å². The number of phenolic OH excluding ortho intramolecular Hbond substituents is 1. The average Bonchev–Trinajstić information content (AvgIpc) is 2.70. The summed E-state index contributed by atoms with van der Waals surface area (Å²) in [5.41, 5.74) is 0.985. The van der Waals surface area contributed by atoms with Crippen molar-refractivity contribution in [3.8, 4) is 5.75 Å². The van der Waals surface area contributed by atoms with Crippen LogP contribution in [0.4, 0.5) is 0 Å². The van der Waals surface area contributed by atoms with E-state index in [9.17, 15) is 10.2 Å². The highest BCUT2D eigenvalue weighted by molar-refractivity contribution is 5.29. The lowest BCUT2D eigenvalue weighted by Gasteiger charge is -2.16. The van der Waals surface area contributed by atoms with Crippen LogP contribution in [0.2, 0.25) is 0 Å². The monoisotopic (exact) mass is 245 g/mol. The summed E-state index contributed by atoms with van der Waals surface area (Å²) in [5.74, 6) is 1.94. The van der Waals surface area contributed by atoms with E-state index in [0.717, 1.165) is 30.1 Å². The summed E-state index contributed by atoms with van der Waals surface area (Å²) < 4.78 is 1.78. The van der Waals surface area contributed by atoms with Crippen LogP contribution in [-0.4, -0.2) is 31.1 Å². The molecule has 0 radical (unpaired) electrons. The van der Waals surface area contributed by atoms with Crippen molar-refractivity contribution in [3.63, 3.8) is 0 Å². The summed E-state index contributed by atoms with van der Waals surface area (Å²) >= 11 is 0.